The lowest BCUT2D eigenvalue weighted by Crippen LogP contribution is -2.22. The van der Waals surface area contributed by atoms with Crippen LogP contribution in [0.15, 0.2) is 22.7 Å². The molecule has 2 heteroatoms. The summed E-state index contributed by atoms with van der Waals surface area (Å²) in [6, 6.07) is 7.24. The average molecular weight is 326 g/mol. The van der Waals surface area contributed by atoms with Gasteiger partial charge in [-0.25, -0.2) is 0 Å². The number of halogens is 1. The summed E-state index contributed by atoms with van der Waals surface area (Å²) < 4.78 is 1.19. The van der Waals surface area contributed by atoms with Crippen LogP contribution in [0.5, 0.6) is 0 Å². The van der Waals surface area contributed by atoms with Gasteiger partial charge in [0, 0.05) is 10.5 Å². The standard InChI is InChI=1S/C17H28BrN/c1-5-9-19-17(8-6-7-13(2)3)15-10-14(4)11-16(18)12-15/h10-13,17,19H,5-9H2,1-4H3. The van der Waals surface area contributed by atoms with E-state index in [9.17, 15) is 0 Å². The highest BCUT2D eigenvalue weighted by Crippen LogP contribution is 2.25. The van der Waals surface area contributed by atoms with Crippen LogP contribution in [0.3, 0.4) is 0 Å². The van der Waals surface area contributed by atoms with Crippen LogP contribution in [0.2, 0.25) is 0 Å². The minimum atomic E-state index is 0.495. The zero-order valence-electron chi connectivity index (χ0n) is 12.8. The second kappa shape index (κ2) is 8.76. The molecule has 0 radical (unpaired) electrons. The topological polar surface area (TPSA) is 12.0 Å². The monoisotopic (exact) mass is 325 g/mol. The molecule has 0 saturated heterocycles. The van der Waals surface area contributed by atoms with E-state index in [1.54, 1.807) is 0 Å². The van der Waals surface area contributed by atoms with E-state index in [-0.39, 0.29) is 0 Å². The first-order valence-corrected chi connectivity index (χ1v) is 8.32. The van der Waals surface area contributed by atoms with Gasteiger partial charge in [0.2, 0.25) is 0 Å². The maximum absolute atomic E-state index is 3.69. The van der Waals surface area contributed by atoms with Crippen molar-refractivity contribution in [3.05, 3.63) is 33.8 Å². The Bertz CT molecular complexity index is 353. The fraction of sp³-hybridized carbons (Fsp3) is 0.647. The number of hydrogen-bond acceptors (Lipinski definition) is 1. The van der Waals surface area contributed by atoms with E-state index < -0.39 is 0 Å². The molecule has 1 nitrogen and oxygen atoms in total. The van der Waals surface area contributed by atoms with Crippen molar-refractivity contribution in [1.29, 1.82) is 0 Å². The smallest absolute Gasteiger partial charge is 0.0320 e. The molecule has 0 spiro atoms. The van der Waals surface area contributed by atoms with Gasteiger partial charge in [-0.3, -0.25) is 0 Å². The van der Waals surface area contributed by atoms with Crippen LogP contribution in [0, 0.1) is 12.8 Å². The lowest BCUT2D eigenvalue weighted by molar-refractivity contribution is 0.447. The van der Waals surface area contributed by atoms with Crippen molar-refractivity contribution in [3.8, 4) is 0 Å². The maximum Gasteiger partial charge on any atom is 0.0320 e. The molecule has 19 heavy (non-hydrogen) atoms. The Balaban J connectivity index is 2.71. The van der Waals surface area contributed by atoms with Crippen LogP contribution in [-0.2, 0) is 0 Å². The zero-order chi connectivity index (χ0) is 14.3. The van der Waals surface area contributed by atoms with Crippen molar-refractivity contribution < 1.29 is 0 Å². The van der Waals surface area contributed by atoms with Crippen molar-refractivity contribution >= 4 is 15.9 Å². The maximum atomic E-state index is 3.69. The number of nitrogens with one attached hydrogen (secondary N) is 1. The molecule has 0 amide bonds. The Morgan fingerprint density at radius 1 is 1.16 bits per heavy atom. The molecule has 1 rings (SSSR count). The molecule has 0 bridgehead atoms. The Morgan fingerprint density at radius 2 is 1.89 bits per heavy atom. The second-order valence-electron chi connectivity index (χ2n) is 5.89. The Labute approximate surface area is 127 Å². The van der Waals surface area contributed by atoms with Gasteiger partial charge in [-0.05, 0) is 55.5 Å². The Morgan fingerprint density at radius 3 is 2.47 bits per heavy atom. The van der Waals surface area contributed by atoms with Crippen LogP contribution >= 0.6 is 15.9 Å². The summed E-state index contributed by atoms with van der Waals surface area (Å²) in [6.45, 7) is 10.1. The molecule has 0 saturated carbocycles. The third-order valence-electron chi connectivity index (χ3n) is 3.38. The summed E-state index contributed by atoms with van der Waals surface area (Å²) in [5.74, 6) is 0.802. The summed E-state index contributed by atoms with van der Waals surface area (Å²) in [5, 5.41) is 3.69. The van der Waals surface area contributed by atoms with Crippen molar-refractivity contribution in [2.75, 3.05) is 6.54 Å². The zero-order valence-corrected chi connectivity index (χ0v) is 14.4. The number of hydrogen-bond donors (Lipinski definition) is 1. The minimum absolute atomic E-state index is 0.495. The van der Waals surface area contributed by atoms with Crippen molar-refractivity contribution in [2.24, 2.45) is 5.92 Å². The van der Waals surface area contributed by atoms with E-state index >= 15 is 0 Å². The second-order valence-corrected chi connectivity index (χ2v) is 6.81. The molecule has 1 aromatic rings. The summed E-state index contributed by atoms with van der Waals surface area (Å²) in [4.78, 5) is 0. The normalized spacial score (nSPS) is 12.9. The molecular formula is C17H28BrN. The van der Waals surface area contributed by atoms with Crippen LogP contribution in [-0.4, -0.2) is 6.54 Å². The third-order valence-corrected chi connectivity index (χ3v) is 3.84. The van der Waals surface area contributed by atoms with Gasteiger partial charge in [0.05, 0.1) is 0 Å². The van der Waals surface area contributed by atoms with Gasteiger partial charge in [0.15, 0.2) is 0 Å². The molecule has 1 aromatic carbocycles. The minimum Gasteiger partial charge on any atom is -0.310 e. The molecule has 1 unspecified atom stereocenters. The van der Waals surface area contributed by atoms with E-state index in [1.807, 2.05) is 0 Å². The quantitative estimate of drug-likeness (QED) is 0.653. The fourth-order valence-electron chi connectivity index (χ4n) is 2.40. The van der Waals surface area contributed by atoms with Crippen LogP contribution in [0.4, 0.5) is 0 Å². The van der Waals surface area contributed by atoms with Gasteiger partial charge in [-0.1, -0.05) is 55.6 Å². The average Bonchev–Trinajstić information content (AvgIpc) is 2.31. The predicted molar refractivity (Wildman–Crippen MR) is 88.6 cm³/mol. The van der Waals surface area contributed by atoms with Crippen LogP contribution in [0.25, 0.3) is 0 Å². The third kappa shape index (κ3) is 6.58. The first kappa shape index (κ1) is 16.7. The van der Waals surface area contributed by atoms with E-state index in [0.29, 0.717) is 6.04 Å². The number of benzene rings is 1. The molecule has 108 valence electrons. The van der Waals surface area contributed by atoms with E-state index in [0.717, 1.165) is 12.5 Å². The van der Waals surface area contributed by atoms with Gasteiger partial charge in [-0.2, -0.15) is 0 Å². The summed E-state index contributed by atoms with van der Waals surface area (Å²) >= 11 is 3.61. The number of aryl methyl sites for hydroxylation is 1. The lowest BCUT2D eigenvalue weighted by atomic mass is 9.97. The summed E-state index contributed by atoms with van der Waals surface area (Å²) in [7, 11) is 0. The van der Waals surface area contributed by atoms with Crippen molar-refractivity contribution in [1.82, 2.24) is 5.32 Å². The molecule has 1 N–H and O–H groups in total. The molecular weight excluding hydrogens is 298 g/mol. The van der Waals surface area contributed by atoms with Gasteiger partial charge in [0.1, 0.15) is 0 Å². The lowest BCUT2D eigenvalue weighted by Gasteiger charge is -2.20. The predicted octanol–water partition coefficient (Wildman–Crippen LogP) is 5.62. The molecule has 0 aliphatic rings. The van der Waals surface area contributed by atoms with Gasteiger partial charge < -0.3 is 5.32 Å². The van der Waals surface area contributed by atoms with Crippen LogP contribution < -0.4 is 5.32 Å². The van der Waals surface area contributed by atoms with E-state index in [1.165, 1.54) is 41.3 Å². The van der Waals surface area contributed by atoms with Crippen molar-refractivity contribution in [2.45, 2.75) is 59.4 Å². The highest BCUT2D eigenvalue weighted by Gasteiger charge is 2.11. The van der Waals surface area contributed by atoms with Crippen LogP contribution in [0.1, 0.15) is 63.6 Å². The highest BCUT2D eigenvalue weighted by molar-refractivity contribution is 9.10. The van der Waals surface area contributed by atoms with Gasteiger partial charge >= 0.3 is 0 Å². The SMILES string of the molecule is CCCNC(CCCC(C)C)c1cc(C)cc(Br)c1. The molecule has 0 heterocycles. The Hall–Kier alpha value is -0.340. The summed E-state index contributed by atoms with van der Waals surface area (Å²) in [6.07, 6.45) is 5.03. The highest BCUT2D eigenvalue weighted by atomic mass is 79.9. The first-order chi connectivity index (χ1) is 9.02. The molecule has 0 fully saturated rings. The van der Waals surface area contributed by atoms with Gasteiger partial charge in [0.25, 0.3) is 0 Å². The molecule has 0 aromatic heterocycles. The molecule has 0 aliphatic heterocycles. The molecule has 0 aliphatic carbocycles. The number of rotatable bonds is 8. The fourth-order valence-corrected chi connectivity index (χ4v) is 3.03. The Kier molecular flexibility index (Phi) is 7.70. The van der Waals surface area contributed by atoms with E-state index in [4.69, 9.17) is 0 Å². The first-order valence-electron chi connectivity index (χ1n) is 7.53. The largest absolute Gasteiger partial charge is 0.310 e. The van der Waals surface area contributed by atoms with Crippen molar-refractivity contribution in [3.63, 3.8) is 0 Å². The summed E-state index contributed by atoms with van der Waals surface area (Å²) in [5.41, 5.74) is 2.75. The van der Waals surface area contributed by atoms with Gasteiger partial charge in [-0.15, -0.1) is 0 Å². The van der Waals surface area contributed by atoms with E-state index in [2.05, 4.69) is 67.1 Å². The molecule has 1 atom stereocenters.